The highest BCUT2D eigenvalue weighted by molar-refractivity contribution is 5.97. The van der Waals surface area contributed by atoms with Crippen molar-refractivity contribution in [1.82, 2.24) is 19.9 Å². The van der Waals surface area contributed by atoms with Crippen molar-refractivity contribution in [3.05, 3.63) is 79.8 Å². The van der Waals surface area contributed by atoms with E-state index in [0.29, 0.717) is 33.6 Å². The standard InChI is InChI=1S/C51H68N4O6/c1-11-15-28(3)16-13-17-29(4)18-14-19-30(5)22-23-61-44(57)21-20-36-32(7)40-24-38-33(8)37(27-56)43(53-38)25-39-31(6)35(12-2)42(52-39)26-41-34(9)45-49(55-41)46(48(36)54-40)47(50(45)58)51(59)60-10/h22,24-29,32,36,47,53,55-56,58H,11-21,23H2,1-10H3/b30-22+,37-27?,40-24?,42-26?,43-25?/t28-,29-,32+,36+,47-/m1/s1. The molecule has 10 nitrogen and oxygen atoms in total. The van der Waals surface area contributed by atoms with Crippen LogP contribution in [0.25, 0.3) is 45.2 Å². The number of rotatable bonds is 17. The molecule has 0 unspecified atom stereocenters. The van der Waals surface area contributed by atoms with E-state index in [2.05, 4.69) is 58.4 Å². The summed E-state index contributed by atoms with van der Waals surface area (Å²) >= 11 is 0. The molecule has 2 aliphatic heterocycles. The lowest BCUT2D eigenvalue weighted by Gasteiger charge is -2.19. The van der Waals surface area contributed by atoms with Gasteiger partial charge in [-0.05, 0) is 112 Å². The number of allylic oxidation sites excluding steroid dienone is 3. The van der Waals surface area contributed by atoms with Crippen LogP contribution in [0.3, 0.4) is 0 Å². The Morgan fingerprint density at radius 3 is 2.28 bits per heavy atom. The van der Waals surface area contributed by atoms with Crippen molar-refractivity contribution in [2.45, 2.75) is 151 Å². The van der Waals surface area contributed by atoms with E-state index in [4.69, 9.17) is 19.4 Å². The fourth-order valence-electron chi connectivity index (χ4n) is 9.79. The Morgan fingerprint density at radius 1 is 0.902 bits per heavy atom. The molecule has 5 atom stereocenters. The largest absolute Gasteiger partial charge is 0.515 e. The van der Waals surface area contributed by atoms with Crippen LogP contribution in [-0.4, -0.2) is 55.8 Å². The maximum absolute atomic E-state index is 13.6. The number of carbonyl (C=O) groups excluding carboxylic acids is 2. The molecule has 8 bridgehead atoms. The van der Waals surface area contributed by atoms with Crippen molar-refractivity contribution >= 4 is 57.2 Å². The molecule has 3 aromatic rings. The fourth-order valence-corrected chi connectivity index (χ4v) is 9.79. The lowest BCUT2D eigenvalue weighted by molar-refractivity contribution is -0.143. The number of aliphatic hydroxyl groups excluding tert-OH is 2. The predicted molar refractivity (Wildman–Crippen MR) is 246 cm³/mol. The van der Waals surface area contributed by atoms with E-state index >= 15 is 0 Å². The number of H-pyrrole nitrogens is 2. The number of aromatic amines is 2. The average molecular weight is 833 g/mol. The summed E-state index contributed by atoms with van der Waals surface area (Å²) < 4.78 is 11.1. The third-order valence-electron chi connectivity index (χ3n) is 13.6. The molecule has 3 aliphatic rings. The summed E-state index contributed by atoms with van der Waals surface area (Å²) in [5, 5.41) is 23.5. The van der Waals surface area contributed by atoms with Crippen LogP contribution >= 0.6 is 0 Å². The first-order chi connectivity index (χ1) is 29.2. The monoisotopic (exact) mass is 833 g/mol. The maximum Gasteiger partial charge on any atom is 0.321 e. The number of esters is 2. The molecule has 6 rings (SSSR count). The second-order valence-corrected chi connectivity index (χ2v) is 18.0. The highest BCUT2D eigenvalue weighted by Gasteiger charge is 2.41. The van der Waals surface area contributed by atoms with Crippen molar-refractivity contribution in [3.8, 4) is 0 Å². The van der Waals surface area contributed by atoms with Gasteiger partial charge < -0.3 is 29.7 Å². The normalized spacial score (nSPS) is 18.9. The van der Waals surface area contributed by atoms with E-state index in [9.17, 15) is 19.8 Å². The second-order valence-electron chi connectivity index (χ2n) is 18.0. The molecule has 10 heteroatoms. The number of carbonyl (C=O) groups is 2. The van der Waals surface area contributed by atoms with Crippen LogP contribution in [-0.2, 0) is 19.1 Å². The number of hydrogen-bond acceptors (Lipinski definition) is 8. The zero-order valence-corrected chi connectivity index (χ0v) is 38.2. The molecule has 5 heterocycles. The summed E-state index contributed by atoms with van der Waals surface area (Å²) in [6.07, 6.45) is 14.3. The van der Waals surface area contributed by atoms with Crippen molar-refractivity contribution in [2.24, 2.45) is 11.8 Å². The third-order valence-corrected chi connectivity index (χ3v) is 13.6. The number of nitrogens with zero attached hydrogens (tertiary/aromatic N) is 2. The van der Waals surface area contributed by atoms with Gasteiger partial charge in [-0.1, -0.05) is 78.7 Å². The molecule has 0 saturated heterocycles. The Bertz CT molecular complexity index is 2500. The Kier molecular flexibility index (Phi) is 14.7. The maximum atomic E-state index is 13.6. The average Bonchev–Trinajstić information content (AvgIpc) is 3.97. The minimum atomic E-state index is -1.09. The smallest absolute Gasteiger partial charge is 0.321 e. The van der Waals surface area contributed by atoms with Gasteiger partial charge >= 0.3 is 11.9 Å². The summed E-state index contributed by atoms with van der Waals surface area (Å²) in [5.74, 6) is -0.998. The Morgan fingerprint density at radius 2 is 1.59 bits per heavy atom. The van der Waals surface area contributed by atoms with Gasteiger partial charge in [-0.25, -0.2) is 4.98 Å². The van der Waals surface area contributed by atoms with Crippen LogP contribution in [0.1, 0.15) is 176 Å². The minimum Gasteiger partial charge on any atom is -0.515 e. The first-order valence-electron chi connectivity index (χ1n) is 22.6. The number of aryl methyl sites for hydroxylation is 2. The van der Waals surface area contributed by atoms with Gasteiger partial charge in [0, 0.05) is 51.0 Å². The quantitative estimate of drug-likeness (QED) is 0.0775. The SMILES string of the molecule is CCC[C@@H](C)CCC[C@@H](C)CCC/C(C)=C/COC(=O)CC[C@@H]1c2nc(cc3[nH]c(cc4nc(cc5[nH]c6c2[C@@H](C(=O)OC)C(O)=c6c5C)C(CC)=C4C)c(=CO)c3C)[C@H]1C. The molecule has 0 saturated carbocycles. The van der Waals surface area contributed by atoms with Crippen LogP contribution in [0, 0.1) is 25.7 Å². The third kappa shape index (κ3) is 9.53. The first kappa shape index (κ1) is 45.4. The van der Waals surface area contributed by atoms with E-state index in [0.717, 1.165) is 93.3 Å². The zero-order chi connectivity index (χ0) is 44.1. The number of aliphatic hydroxyl groups is 2. The number of nitrogens with one attached hydrogen (secondary N) is 2. The van der Waals surface area contributed by atoms with Crippen LogP contribution < -0.4 is 10.4 Å². The molecule has 0 amide bonds. The number of ether oxygens (including phenoxy) is 2. The molecule has 61 heavy (non-hydrogen) atoms. The molecule has 0 fully saturated rings. The van der Waals surface area contributed by atoms with Crippen LogP contribution in [0.15, 0.2) is 29.8 Å². The number of hydrogen-bond donors (Lipinski definition) is 4. The summed E-state index contributed by atoms with van der Waals surface area (Å²) in [7, 11) is 1.32. The van der Waals surface area contributed by atoms with Crippen LogP contribution in [0.2, 0.25) is 0 Å². The summed E-state index contributed by atoms with van der Waals surface area (Å²) in [6, 6.07) is 5.95. The van der Waals surface area contributed by atoms with E-state index in [1.165, 1.54) is 51.2 Å². The van der Waals surface area contributed by atoms with Gasteiger partial charge in [-0.15, -0.1) is 0 Å². The van der Waals surface area contributed by atoms with Gasteiger partial charge in [-0.3, -0.25) is 14.6 Å². The summed E-state index contributed by atoms with van der Waals surface area (Å²) in [4.78, 5) is 44.4. The molecule has 4 N–H and O–H groups in total. The first-order valence-corrected chi connectivity index (χ1v) is 22.6. The van der Waals surface area contributed by atoms with Gasteiger partial charge in [-0.2, -0.15) is 0 Å². The Hall–Kier alpha value is -5.12. The second kappa shape index (κ2) is 19.7. The number of aromatic nitrogens is 4. The summed E-state index contributed by atoms with van der Waals surface area (Å²) in [5.41, 5.74) is 11.4. The van der Waals surface area contributed by atoms with Gasteiger partial charge in [0.2, 0.25) is 0 Å². The molecule has 0 aromatic carbocycles. The molecule has 328 valence electrons. The molecule has 3 aromatic heterocycles. The highest BCUT2D eigenvalue weighted by atomic mass is 16.5. The van der Waals surface area contributed by atoms with Gasteiger partial charge in [0.05, 0.1) is 41.5 Å². The van der Waals surface area contributed by atoms with Gasteiger partial charge in [0.15, 0.2) is 0 Å². The number of fused-ring (bicyclic) bond motifs is 8. The highest BCUT2D eigenvalue weighted by Crippen LogP contribution is 2.46. The Balaban J connectivity index is 1.31. The lowest BCUT2D eigenvalue weighted by Crippen LogP contribution is -2.18. The predicted octanol–water partition coefficient (Wildman–Crippen LogP) is 11.1. The van der Waals surface area contributed by atoms with E-state index in [1.807, 2.05) is 38.1 Å². The van der Waals surface area contributed by atoms with Crippen molar-refractivity contribution < 1.29 is 29.3 Å². The topological polar surface area (TPSA) is 150 Å². The molecular weight excluding hydrogens is 765 g/mol. The van der Waals surface area contributed by atoms with E-state index in [1.54, 1.807) is 0 Å². The molecular formula is C51H68N4O6. The minimum absolute atomic E-state index is 0.0877. The van der Waals surface area contributed by atoms with Crippen LogP contribution in [0.4, 0.5) is 0 Å². The van der Waals surface area contributed by atoms with E-state index < -0.39 is 11.9 Å². The molecule has 0 radical (unpaired) electrons. The van der Waals surface area contributed by atoms with Gasteiger partial charge in [0.25, 0.3) is 0 Å². The van der Waals surface area contributed by atoms with Crippen LogP contribution in [0.5, 0.6) is 0 Å². The zero-order valence-electron chi connectivity index (χ0n) is 38.2. The van der Waals surface area contributed by atoms with Gasteiger partial charge in [0.1, 0.15) is 18.3 Å². The molecule has 0 spiro atoms. The fraction of sp³-hybridized carbons (Fsp3) is 0.529. The molecule has 1 aliphatic carbocycles. The summed E-state index contributed by atoms with van der Waals surface area (Å²) in [6.45, 7) is 19.4. The van der Waals surface area contributed by atoms with Crippen molar-refractivity contribution in [2.75, 3.05) is 13.7 Å². The van der Waals surface area contributed by atoms with E-state index in [-0.39, 0.29) is 36.6 Å². The van der Waals surface area contributed by atoms with Crippen molar-refractivity contribution in [1.29, 1.82) is 0 Å². The lowest BCUT2D eigenvalue weighted by atomic mass is 9.84. The Labute approximate surface area is 361 Å². The van der Waals surface area contributed by atoms with Crippen molar-refractivity contribution in [3.63, 3.8) is 0 Å². The number of methoxy groups -OCH3 is 1.